The Bertz CT molecular complexity index is 689. The SMILES string of the molecule is CSCCC(N)C(=O)NC(CC(=O)O)C(=O)NC(CC(=O)O)C(=O)NC(CO)C(=O)O. The molecule has 9 N–H and O–H groups in total. The van der Waals surface area contributed by atoms with E-state index in [1.165, 1.54) is 11.8 Å². The van der Waals surface area contributed by atoms with Crippen LogP contribution in [0.15, 0.2) is 0 Å². The summed E-state index contributed by atoms with van der Waals surface area (Å²) >= 11 is 1.42. The molecular formula is C16H26N4O10S. The van der Waals surface area contributed by atoms with Crippen LogP contribution in [0, 0.1) is 0 Å². The Morgan fingerprint density at radius 2 is 1.23 bits per heavy atom. The van der Waals surface area contributed by atoms with Crippen molar-refractivity contribution in [1.82, 2.24) is 16.0 Å². The average molecular weight is 466 g/mol. The van der Waals surface area contributed by atoms with E-state index in [1.807, 2.05) is 10.6 Å². The minimum absolute atomic E-state index is 0.246. The molecule has 0 aliphatic heterocycles. The van der Waals surface area contributed by atoms with Crippen LogP contribution in [-0.4, -0.2) is 98.8 Å². The molecule has 0 aromatic heterocycles. The quantitative estimate of drug-likeness (QED) is 0.117. The first-order valence-electron chi connectivity index (χ1n) is 8.85. The Hall–Kier alpha value is -2.91. The highest BCUT2D eigenvalue weighted by Crippen LogP contribution is 2.03. The summed E-state index contributed by atoms with van der Waals surface area (Å²) in [7, 11) is 0. The summed E-state index contributed by atoms with van der Waals surface area (Å²) in [4.78, 5) is 69.8. The summed E-state index contributed by atoms with van der Waals surface area (Å²) in [5, 5.41) is 41.7. The van der Waals surface area contributed by atoms with E-state index in [0.717, 1.165) is 0 Å². The van der Waals surface area contributed by atoms with E-state index < -0.39 is 79.2 Å². The van der Waals surface area contributed by atoms with Crippen LogP contribution in [-0.2, 0) is 28.8 Å². The Morgan fingerprint density at radius 3 is 1.58 bits per heavy atom. The number of carboxylic acids is 3. The molecule has 0 spiro atoms. The summed E-state index contributed by atoms with van der Waals surface area (Å²) in [6, 6.07) is -6.28. The highest BCUT2D eigenvalue weighted by molar-refractivity contribution is 7.98. The summed E-state index contributed by atoms with van der Waals surface area (Å²) in [6.45, 7) is -1.000. The van der Waals surface area contributed by atoms with Crippen molar-refractivity contribution >= 4 is 47.4 Å². The molecule has 0 saturated heterocycles. The predicted octanol–water partition coefficient (Wildman–Crippen LogP) is -3.45. The Morgan fingerprint density at radius 1 is 0.806 bits per heavy atom. The Balaban J connectivity index is 5.41. The lowest BCUT2D eigenvalue weighted by Gasteiger charge is -2.23. The average Bonchev–Trinajstić information content (AvgIpc) is 2.67. The molecule has 0 fully saturated rings. The van der Waals surface area contributed by atoms with Gasteiger partial charge in [-0.1, -0.05) is 0 Å². The normalized spacial score (nSPS) is 14.4. The minimum atomic E-state index is -1.81. The number of nitrogens with one attached hydrogen (secondary N) is 3. The topological polar surface area (TPSA) is 245 Å². The second-order valence-corrected chi connectivity index (χ2v) is 7.27. The van der Waals surface area contributed by atoms with Crippen LogP contribution in [0.4, 0.5) is 0 Å². The van der Waals surface area contributed by atoms with Crippen molar-refractivity contribution in [3.8, 4) is 0 Å². The number of amides is 3. The zero-order valence-corrected chi connectivity index (χ0v) is 17.4. The molecule has 0 aromatic carbocycles. The number of aliphatic hydroxyl groups is 1. The number of aliphatic hydroxyl groups excluding tert-OH is 1. The first kappa shape index (κ1) is 28.1. The van der Waals surface area contributed by atoms with Crippen LogP contribution in [0.1, 0.15) is 19.3 Å². The maximum atomic E-state index is 12.5. The van der Waals surface area contributed by atoms with Gasteiger partial charge in [0.15, 0.2) is 0 Å². The van der Waals surface area contributed by atoms with Crippen LogP contribution < -0.4 is 21.7 Å². The van der Waals surface area contributed by atoms with Crippen LogP contribution in [0.2, 0.25) is 0 Å². The van der Waals surface area contributed by atoms with Gasteiger partial charge in [-0.15, -0.1) is 0 Å². The van der Waals surface area contributed by atoms with Gasteiger partial charge in [-0.05, 0) is 18.4 Å². The van der Waals surface area contributed by atoms with Crippen molar-refractivity contribution in [2.75, 3.05) is 18.6 Å². The van der Waals surface area contributed by atoms with Crippen molar-refractivity contribution in [1.29, 1.82) is 0 Å². The van der Waals surface area contributed by atoms with Crippen molar-refractivity contribution in [2.45, 2.75) is 43.4 Å². The molecule has 0 radical (unpaired) electrons. The van der Waals surface area contributed by atoms with E-state index in [0.29, 0.717) is 5.75 Å². The van der Waals surface area contributed by atoms with Crippen molar-refractivity contribution < 1.29 is 49.2 Å². The fraction of sp³-hybridized carbons (Fsp3) is 0.625. The fourth-order valence-corrected chi connectivity index (χ4v) is 2.64. The summed E-state index contributed by atoms with van der Waals surface area (Å²) < 4.78 is 0. The van der Waals surface area contributed by atoms with Gasteiger partial charge in [0.25, 0.3) is 0 Å². The molecule has 0 aromatic rings. The number of nitrogens with two attached hydrogens (primary N) is 1. The molecule has 0 heterocycles. The van der Waals surface area contributed by atoms with Gasteiger partial charge in [0.1, 0.15) is 18.1 Å². The van der Waals surface area contributed by atoms with Crippen LogP contribution in [0.25, 0.3) is 0 Å². The Kier molecular flexibility index (Phi) is 12.8. The lowest BCUT2D eigenvalue weighted by molar-refractivity contribution is -0.145. The molecule has 3 amide bonds. The first-order valence-corrected chi connectivity index (χ1v) is 10.2. The molecule has 4 atom stereocenters. The maximum Gasteiger partial charge on any atom is 0.328 e. The number of hydrogen-bond acceptors (Lipinski definition) is 9. The number of aliphatic carboxylic acids is 3. The number of carbonyl (C=O) groups is 6. The van der Waals surface area contributed by atoms with Crippen LogP contribution >= 0.6 is 11.8 Å². The van der Waals surface area contributed by atoms with Gasteiger partial charge in [0.05, 0.1) is 25.5 Å². The van der Waals surface area contributed by atoms with Crippen molar-refractivity contribution in [3.63, 3.8) is 0 Å². The maximum absolute atomic E-state index is 12.5. The van der Waals surface area contributed by atoms with Gasteiger partial charge in [-0.3, -0.25) is 24.0 Å². The zero-order chi connectivity index (χ0) is 24.1. The Labute approximate surface area is 180 Å². The number of carboxylic acid groups (broad SMARTS) is 3. The van der Waals surface area contributed by atoms with Crippen molar-refractivity contribution in [3.05, 3.63) is 0 Å². The van der Waals surface area contributed by atoms with Crippen molar-refractivity contribution in [2.24, 2.45) is 5.73 Å². The molecule has 0 aliphatic carbocycles. The molecule has 0 rings (SSSR count). The predicted molar refractivity (Wildman–Crippen MR) is 106 cm³/mol. The summed E-state index contributed by atoms with van der Waals surface area (Å²) in [5.74, 6) is -7.33. The fourth-order valence-electron chi connectivity index (χ4n) is 2.15. The smallest absolute Gasteiger partial charge is 0.328 e. The lowest BCUT2D eigenvalue weighted by Crippen LogP contribution is -2.58. The number of carbonyl (C=O) groups excluding carboxylic acids is 3. The van der Waals surface area contributed by atoms with Gasteiger partial charge < -0.3 is 42.1 Å². The molecule has 0 saturated carbocycles. The largest absolute Gasteiger partial charge is 0.481 e. The molecule has 14 nitrogen and oxygen atoms in total. The van der Waals surface area contributed by atoms with Crippen LogP contribution in [0.3, 0.4) is 0 Å². The van der Waals surface area contributed by atoms with Gasteiger partial charge in [-0.2, -0.15) is 11.8 Å². The van der Waals surface area contributed by atoms with E-state index in [-0.39, 0.29) is 6.42 Å². The van der Waals surface area contributed by atoms with E-state index in [2.05, 4.69) is 5.32 Å². The standard InChI is InChI=1S/C16H26N4O10S/c1-31-3-2-7(17)13(26)18-8(4-11(22)23)14(27)19-9(5-12(24)25)15(28)20-10(6-21)16(29)30/h7-10,21H,2-6,17H2,1H3,(H,18,26)(H,19,27)(H,20,28)(H,22,23)(H,24,25)(H,29,30). The second kappa shape index (κ2) is 14.2. The van der Waals surface area contributed by atoms with Gasteiger partial charge in [-0.25, -0.2) is 4.79 Å². The molecule has 176 valence electrons. The molecule has 31 heavy (non-hydrogen) atoms. The number of hydrogen-bond donors (Lipinski definition) is 8. The van der Waals surface area contributed by atoms with Crippen LogP contribution in [0.5, 0.6) is 0 Å². The van der Waals surface area contributed by atoms with Gasteiger partial charge in [0.2, 0.25) is 17.7 Å². The third-order valence-electron chi connectivity index (χ3n) is 3.79. The summed E-state index contributed by atoms with van der Waals surface area (Å²) in [6.07, 6.45) is 0.166. The molecule has 0 bridgehead atoms. The number of rotatable bonds is 15. The highest BCUT2D eigenvalue weighted by Gasteiger charge is 2.32. The van der Waals surface area contributed by atoms with Gasteiger partial charge in [0, 0.05) is 0 Å². The minimum Gasteiger partial charge on any atom is -0.481 e. The molecule has 4 unspecified atom stereocenters. The summed E-state index contributed by atoms with van der Waals surface area (Å²) in [5.41, 5.74) is 5.67. The van der Waals surface area contributed by atoms with E-state index in [9.17, 15) is 28.8 Å². The second-order valence-electron chi connectivity index (χ2n) is 6.29. The third kappa shape index (κ3) is 11.2. The monoisotopic (exact) mass is 466 g/mol. The van der Waals surface area contributed by atoms with Gasteiger partial charge >= 0.3 is 17.9 Å². The van der Waals surface area contributed by atoms with E-state index >= 15 is 0 Å². The van der Waals surface area contributed by atoms with E-state index in [4.69, 9.17) is 26.2 Å². The molecule has 0 aliphatic rings. The highest BCUT2D eigenvalue weighted by atomic mass is 32.2. The zero-order valence-electron chi connectivity index (χ0n) is 16.6. The third-order valence-corrected chi connectivity index (χ3v) is 4.43. The molecule has 15 heteroatoms. The lowest BCUT2D eigenvalue weighted by atomic mass is 10.1. The first-order chi connectivity index (χ1) is 14.4. The van der Waals surface area contributed by atoms with E-state index in [1.54, 1.807) is 6.26 Å². The number of thioether (sulfide) groups is 1. The molecular weight excluding hydrogens is 440 g/mol.